The van der Waals surface area contributed by atoms with Crippen molar-refractivity contribution in [2.24, 2.45) is 5.92 Å². The van der Waals surface area contributed by atoms with E-state index in [-0.39, 0.29) is 11.8 Å². The van der Waals surface area contributed by atoms with Gasteiger partial charge < -0.3 is 9.80 Å². The number of piperidine rings is 1. The Hall–Kier alpha value is -2.74. The van der Waals surface area contributed by atoms with Crippen molar-refractivity contribution in [3.63, 3.8) is 0 Å². The van der Waals surface area contributed by atoms with Crippen LogP contribution in [0.1, 0.15) is 69.1 Å². The molecule has 3 heterocycles. The maximum atomic E-state index is 13.7. The highest BCUT2D eigenvalue weighted by Crippen LogP contribution is 2.36. The molecule has 2 atom stereocenters. The lowest BCUT2D eigenvalue weighted by atomic mass is 9.92. The molecule has 2 aromatic rings. The Morgan fingerprint density at radius 1 is 1.03 bits per heavy atom. The summed E-state index contributed by atoms with van der Waals surface area (Å²) in [7, 11) is 0. The van der Waals surface area contributed by atoms with Gasteiger partial charge in [0.1, 0.15) is 11.6 Å². The van der Waals surface area contributed by atoms with E-state index in [4.69, 9.17) is 0 Å². The summed E-state index contributed by atoms with van der Waals surface area (Å²) < 4.78 is 1.83. The minimum Gasteiger partial charge on any atom is -0.337 e. The maximum Gasteiger partial charge on any atom is 0.224 e. The fourth-order valence-corrected chi connectivity index (χ4v) is 6.10. The lowest BCUT2D eigenvalue weighted by molar-refractivity contribution is -0.133. The summed E-state index contributed by atoms with van der Waals surface area (Å²) in [6.07, 6.45) is 7.50. The number of nitrogens with zero attached hydrogens (tertiary/aromatic N) is 6. The van der Waals surface area contributed by atoms with Gasteiger partial charge in [0, 0.05) is 57.3 Å². The Morgan fingerprint density at radius 3 is 2.53 bits per heavy atom. The average molecular weight is 493 g/mol. The third-order valence-electron chi connectivity index (χ3n) is 8.17. The van der Waals surface area contributed by atoms with Gasteiger partial charge in [-0.1, -0.05) is 24.6 Å². The predicted molar refractivity (Wildman–Crippen MR) is 139 cm³/mol. The third-order valence-corrected chi connectivity index (χ3v) is 8.17. The van der Waals surface area contributed by atoms with E-state index in [0.717, 1.165) is 61.3 Å². The van der Waals surface area contributed by atoms with Crippen molar-refractivity contribution in [2.75, 3.05) is 24.5 Å². The number of benzene rings is 1. The van der Waals surface area contributed by atoms with Crippen LogP contribution in [-0.4, -0.2) is 68.1 Å². The monoisotopic (exact) mass is 492 g/mol. The van der Waals surface area contributed by atoms with Gasteiger partial charge in [0.25, 0.3) is 0 Å². The Morgan fingerprint density at radius 2 is 1.81 bits per heavy atom. The fraction of sp³-hybridized carbons (Fsp3) is 0.643. The Labute approximate surface area is 214 Å². The highest BCUT2D eigenvalue weighted by atomic mass is 16.2. The van der Waals surface area contributed by atoms with E-state index in [1.807, 2.05) is 41.6 Å². The second-order valence-corrected chi connectivity index (χ2v) is 10.9. The SMILES string of the molecule is CC(=O)N1CCC2CCCC(CN(C(=O)CCn3nc(C)nc3C)Cc3ccccc31)N2CC1CC1. The molecule has 8 heteroatoms. The first kappa shape index (κ1) is 24.9. The molecule has 2 amide bonds. The molecule has 5 rings (SSSR count). The van der Waals surface area contributed by atoms with Crippen LogP contribution in [0.3, 0.4) is 0 Å². The molecule has 0 N–H and O–H groups in total. The molecular formula is C28H40N6O2. The Kier molecular flexibility index (Phi) is 7.42. The number of rotatable bonds is 5. The minimum absolute atomic E-state index is 0.0673. The molecule has 1 aliphatic carbocycles. The molecule has 1 saturated carbocycles. The van der Waals surface area contributed by atoms with Crippen LogP contribution < -0.4 is 4.90 Å². The molecule has 0 radical (unpaired) electrons. The highest BCUT2D eigenvalue weighted by Gasteiger charge is 2.37. The van der Waals surface area contributed by atoms with Gasteiger partial charge in [0.2, 0.25) is 11.8 Å². The van der Waals surface area contributed by atoms with E-state index in [1.165, 1.54) is 25.7 Å². The van der Waals surface area contributed by atoms with Crippen molar-refractivity contribution in [2.45, 2.75) is 90.9 Å². The molecule has 2 fully saturated rings. The van der Waals surface area contributed by atoms with Crippen LogP contribution in [0.5, 0.6) is 0 Å². The number of aromatic nitrogens is 3. The van der Waals surface area contributed by atoms with Gasteiger partial charge in [-0.3, -0.25) is 14.5 Å². The molecule has 2 unspecified atom stereocenters. The van der Waals surface area contributed by atoms with Gasteiger partial charge in [-0.05, 0) is 63.5 Å². The average Bonchev–Trinajstić information content (AvgIpc) is 3.61. The standard InChI is InChI=1S/C28H40N6O2/c1-20-29-21(2)34(30-20)16-14-28(36)31-18-24-7-4-5-10-27(24)32(22(3)35)15-13-25-8-6-9-26(19-31)33(25)17-23-11-12-23/h4-5,7,10,23,25-26H,6,8-9,11-19H2,1-3H3. The van der Waals surface area contributed by atoms with E-state index in [2.05, 4.69) is 25.9 Å². The quantitative estimate of drug-likeness (QED) is 0.636. The zero-order chi connectivity index (χ0) is 25.2. The second-order valence-electron chi connectivity index (χ2n) is 10.9. The van der Waals surface area contributed by atoms with E-state index >= 15 is 0 Å². The van der Waals surface area contributed by atoms with Crippen LogP contribution in [0.15, 0.2) is 24.3 Å². The van der Waals surface area contributed by atoms with Gasteiger partial charge in [0.15, 0.2) is 0 Å². The number of carbonyl (C=O) groups excluding carboxylic acids is 2. The van der Waals surface area contributed by atoms with Gasteiger partial charge in [-0.15, -0.1) is 0 Å². The van der Waals surface area contributed by atoms with E-state index in [1.54, 1.807) is 6.92 Å². The number of amides is 2. The fourth-order valence-electron chi connectivity index (χ4n) is 6.10. The summed E-state index contributed by atoms with van der Waals surface area (Å²) in [5.74, 6) is 2.57. The molecule has 2 bridgehead atoms. The van der Waals surface area contributed by atoms with Gasteiger partial charge in [0.05, 0.1) is 6.54 Å². The van der Waals surface area contributed by atoms with E-state index in [0.29, 0.717) is 31.6 Å². The van der Waals surface area contributed by atoms with Crippen molar-refractivity contribution < 1.29 is 9.59 Å². The van der Waals surface area contributed by atoms with Crippen molar-refractivity contribution in [1.82, 2.24) is 24.6 Å². The number of hydrogen-bond acceptors (Lipinski definition) is 5. The number of aryl methyl sites for hydroxylation is 3. The van der Waals surface area contributed by atoms with Crippen LogP contribution in [0.25, 0.3) is 0 Å². The molecule has 36 heavy (non-hydrogen) atoms. The Bertz CT molecular complexity index is 1090. The molecule has 1 saturated heterocycles. The molecule has 3 aliphatic rings. The molecule has 8 nitrogen and oxygen atoms in total. The predicted octanol–water partition coefficient (Wildman–Crippen LogP) is 3.70. The lowest BCUT2D eigenvalue weighted by Crippen LogP contribution is -2.53. The zero-order valence-corrected chi connectivity index (χ0v) is 22.0. The highest BCUT2D eigenvalue weighted by molar-refractivity contribution is 5.92. The number of carbonyl (C=O) groups is 2. The summed E-state index contributed by atoms with van der Waals surface area (Å²) in [4.78, 5) is 37.6. The van der Waals surface area contributed by atoms with E-state index < -0.39 is 0 Å². The molecule has 0 spiro atoms. The van der Waals surface area contributed by atoms with Crippen LogP contribution >= 0.6 is 0 Å². The van der Waals surface area contributed by atoms with Gasteiger partial charge >= 0.3 is 0 Å². The number of anilines is 1. The van der Waals surface area contributed by atoms with Crippen molar-refractivity contribution >= 4 is 17.5 Å². The summed E-state index contributed by atoms with van der Waals surface area (Å²) in [6.45, 7) is 9.12. The number of hydrogen-bond donors (Lipinski definition) is 0. The van der Waals surface area contributed by atoms with Crippen molar-refractivity contribution in [3.8, 4) is 0 Å². The molecule has 1 aromatic carbocycles. The van der Waals surface area contributed by atoms with Crippen LogP contribution in [0, 0.1) is 19.8 Å². The first-order valence-corrected chi connectivity index (χ1v) is 13.7. The van der Waals surface area contributed by atoms with Gasteiger partial charge in [-0.25, -0.2) is 9.67 Å². The topological polar surface area (TPSA) is 74.6 Å². The normalized spacial score (nSPS) is 23.2. The Balaban J connectivity index is 1.45. The summed E-state index contributed by atoms with van der Waals surface area (Å²) in [5.41, 5.74) is 1.98. The summed E-state index contributed by atoms with van der Waals surface area (Å²) in [6, 6.07) is 8.95. The first-order valence-electron chi connectivity index (χ1n) is 13.7. The number of fused-ring (bicyclic) bond motifs is 3. The largest absolute Gasteiger partial charge is 0.337 e. The maximum absolute atomic E-state index is 13.7. The zero-order valence-electron chi connectivity index (χ0n) is 22.0. The van der Waals surface area contributed by atoms with Gasteiger partial charge in [-0.2, -0.15) is 5.10 Å². The van der Waals surface area contributed by atoms with Crippen LogP contribution in [0.2, 0.25) is 0 Å². The third kappa shape index (κ3) is 5.64. The smallest absolute Gasteiger partial charge is 0.224 e. The number of para-hydroxylation sites is 1. The summed E-state index contributed by atoms with van der Waals surface area (Å²) in [5, 5.41) is 4.45. The van der Waals surface area contributed by atoms with Crippen molar-refractivity contribution in [3.05, 3.63) is 41.5 Å². The second kappa shape index (κ2) is 10.7. The van der Waals surface area contributed by atoms with Crippen molar-refractivity contribution in [1.29, 1.82) is 0 Å². The molecular weight excluding hydrogens is 452 g/mol. The lowest BCUT2D eigenvalue weighted by Gasteiger charge is -2.44. The molecule has 2 aliphatic heterocycles. The van der Waals surface area contributed by atoms with Crippen LogP contribution in [0.4, 0.5) is 5.69 Å². The summed E-state index contributed by atoms with van der Waals surface area (Å²) >= 11 is 0. The first-order chi connectivity index (χ1) is 17.4. The van der Waals surface area contributed by atoms with E-state index in [9.17, 15) is 9.59 Å². The molecule has 1 aromatic heterocycles. The van der Waals surface area contributed by atoms with Crippen LogP contribution in [-0.2, 0) is 22.7 Å². The minimum atomic E-state index is 0.0673. The molecule has 194 valence electrons.